The number of aryl methyl sites for hydroxylation is 2. The second-order valence-corrected chi connectivity index (χ2v) is 10.1. The summed E-state index contributed by atoms with van der Waals surface area (Å²) in [6.07, 6.45) is 0. The van der Waals surface area contributed by atoms with Gasteiger partial charge in [0, 0.05) is 19.3 Å². The Balaban J connectivity index is 1.74. The van der Waals surface area contributed by atoms with Crippen LogP contribution in [0.1, 0.15) is 27.0 Å². The Kier molecular flexibility index (Phi) is 8.26. The summed E-state index contributed by atoms with van der Waals surface area (Å²) < 4.78 is 38.0. The molecule has 1 N–H and O–H groups in total. The number of esters is 1. The van der Waals surface area contributed by atoms with Crippen LogP contribution in [0.3, 0.4) is 0 Å². The smallest absolute Gasteiger partial charge is 0.338 e. The molecule has 0 aromatic heterocycles. The lowest BCUT2D eigenvalue weighted by molar-refractivity contribution is -0.119. The second-order valence-electron chi connectivity index (χ2n) is 8.06. The van der Waals surface area contributed by atoms with Gasteiger partial charge in [-0.25, -0.2) is 13.2 Å². The first kappa shape index (κ1) is 25.9. The average Bonchev–Trinajstić information content (AvgIpc) is 2.85. The van der Waals surface area contributed by atoms with Crippen molar-refractivity contribution in [2.75, 3.05) is 26.1 Å². The van der Waals surface area contributed by atoms with Gasteiger partial charge in [0.05, 0.1) is 12.7 Å². The molecule has 3 aromatic rings. The van der Waals surface area contributed by atoms with E-state index in [4.69, 9.17) is 9.47 Å². The molecule has 0 spiro atoms. The predicted molar refractivity (Wildman–Crippen MR) is 133 cm³/mol. The van der Waals surface area contributed by atoms with E-state index in [0.717, 1.165) is 16.7 Å². The van der Waals surface area contributed by atoms with Crippen molar-refractivity contribution in [3.63, 3.8) is 0 Å². The van der Waals surface area contributed by atoms with Crippen LogP contribution in [0.4, 0.5) is 5.69 Å². The van der Waals surface area contributed by atoms with Gasteiger partial charge in [0.2, 0.25) is 10.0 Å². The summed E-state index contributed by atoms with van der Waals surface area (Å²) in [7, 11) is -1.20. The maximum atomic E-state index is 13.2. The molecule has 3 aromatic carbocycles. The molecule has 0 heterocycles. The number of amides is 1. The molecular formula is C26H28N2O6S. The Morgan fingerprint density at radius 2 is 1.69 bits per heavy atom. The van der Waals surface area contributed by atoms with Crippen LogP contribution in [0, 0.1) is 13.8 Å². The fourth-order valence-electron chi connectivity index (χ4n) is 3.37. The van der Waals surface area contributed by atoms with Gasteiger partial charge in [-0.2, -0.15) is 4.31 Å². The van der Waals surface area contributed by atoms with Crippen LogP contribution in [0.15, 0.2) is 71.6 Å². The minimum Gasteiger partial charge on any atom is -0.495 e. The Bertz CT molecular complexity index is 1320. The zero-order valence-corrected chi connectivity index (χ0v) is 20.9. The van der Waals surface area contributed by atoms with Crippen molar-refractivity contribution in [3.05, 3.63) is 89.0 Å². The number of anilines is 1. The van der Waals surface area contributed by atoms with Gasteiger partial charge in [-0.1, -0.05) is 42.5 Å². The first-order chi connectivity index (χ1) is 16.6. The van der Waals surface area contributed by atoms with E-state index in [0.29, 0.717) is 5.69 Å². The SMILES string of the molecule is COc1ccc(C(=O)OCC(=O)Nc2cc(C)ccc2C)cc1S(=O)(=O)N(C)Cc1ccccc1. The van der Waals surface area contributed by atoms with Crippen molar-refractivity contribution in [1.29, 1.82) is 0 Å². The molecule has 1 amide bonds. The number of nitrogens with zero attached hydrogens (tertiary/aromatic N) is 1. The second kappa shape index (κ2) is 11.2. The summed E-state index contributed by atoms with van der Waals surface area (Å²) in [5, 5.41) is 2.71. The molecule has 0 fully saturated rings. The predicted octanol–water partition coefficient (Wildman–Crippen LogP) is 3.93. The molecule has 0 aliphatic rings. The van der Waals surface area contributed by atoms with Crippen molar-refractivity contribution < 1.29 is 27.5 Å². The number of hydrogen-bond donors (Lipinski definition) is 1. The van der Waals surface area contributed by atoms with E-state index in [9.17, 15) is 18.0 Å². The van der Waals surface area contributed by atoms with Gasteiger partial charge in [-0.3, -0.25) is 4.79 Å². The van der Waals surface area contributed by atoms with Crippen LogP contribution in [-0.4, -0.2) is 45.4 Å². The third kappa shape index (κ3) is 6.46. The molecule has 0 atom stereocenters. The number of carbonyl (C=O) groups excluding carboxylic acids is 2. The molecule has 0 saturated carbocycles. The molecule has 0 saturated heterocycles. The van der Waals surface area contributed by atoms with Gasteiger partial charge in [0.15, 0.2) is 6.61 Å². The highest BCUT2D eigenvalue weighted by Crippen LogP contribution is 2.28. The van der Waals surface area contributed by atoms with Crippen LogP contribution >= 0.6 is 0 Å². The number of benzene rings is 3. The van der Waals surface area contributed by atoms with Crippen molar-refractivity contribution in [1.82, 2.24) is 4.31 Å². The monoisotopic (exact) mass is 496 g/mol. The summed E-state index contributed by atoms with van der Waals surface area (Å²) in [6, 6.07) is 18.7. The van der Waals surface area contributed by atoms with E-state index in [1.54, 1.807) is 0 Å². The number of ether oxygens (including phenoxy) is 2. The fraction of sp³-hybridized carbons (Fsp3) is 0.231. The standard InChI is InChI=1S/C26H28N2O6S/c1-18-10-11-19(2)22(14-18)27-25(29)17-34-26(30)21-12-13-23(33-4)24(15-21)35(31,32)28(3)16-20-8-6-5-7-9-20/h5-15H,16-17H2,1-4H3,(H,27,29). The minimum atomic E-state index is -4.00. The van der Waals surface area contributed by atoms with Gasteiger partial charge in [-0.05, 0) is 54.8 Å². The Morgan fingerprint density at radius 1 is 0.971 bits per heavy atom. The Hall–Kier alpha value is -3.69. The van der Waals surface area contributed by atoms with E-state index in [2.05, 4.69) is 5.32 Å². The highest BCUT2D eigenvalue weighted by Gasteiger charge is 2.27. The molecule has 0 unspecified atom stereocenters. The molecule has 0 bridgehead atoms. The van der Waals surface area contributed by atoms with Gasteiger partial charge in [0.25, 0.3) is 5.91 Å². The number of methoxy groups -OCH3 is 1. The first-order valence-corrected chi connectivity index (χ1v) is 12.3. The van der Waals surface area contributed by atoms with Crippen LogP contribution < -0.4 is 10.1 Å². The Labute approximate surface area is 205 Å². The molecule has 184 valence electrons. The highest BCUT2D eigenvalue weighted by molar-refractivity contribution is 7.89. The van der Waals surface area contributed by atoms with E-state index in [1.807, 2.05) is 62.4 Å². The molecule has 3 rings (SSSR count). The quantitative estimate of drug-likeness (QED) is 0.451. The van der Waals surface area contributed by atoms with E-state index >= 15 is 0 Å². The number of carbonyl (C=O) groups is 2. The van der Waals surface area contributed by atoms with Crippen molar-refractivity contribution in [2.24, 2.45) is 0 Å². The van der Waals surface area contributed by atoms with Crippen LogP contribution in [0.5, 0.6) is 5.75 Å². The van der Waals surface area contributed by atoms with Gasteiger partial charge in [0.1, 0.15) is 10.6 Å². The zero-order valence-electron chi connectivity index (χ0n) is 20.1. The van der Waals surface area contributed by atoms with Crippen LogP contribution in [0.25, 0.3) is 0 Å². The highest BCUT2D eigenvalue weighted by atomic mass is 32.2. The first-order valence-electron chi connectivity index (χ1n) is 10.8. The molecule has 0 aliphatic carbocycles. The summed E-state index contributed by atoms with van der Waals surface area (Å²) in [6.45, 7) is 3.38. The maximum Gasteiger partial charge on any atom is 0.338 e. The summed E-state index contributed by atoms with van der Waals surface area (Å²) >= 11 is 0. The van der Waals surface area contributed by atoms with Gasteiger partial charge in [-0.15, -0.1) is 0 Å². The Morgan fingerprint density at radius 3 is 2.37 bits per heavy atom. The normalized spacial score (nSPS) is 11.2. The van der Waals surface area contributed by atoms with E-state index < -0.39 is 28.5 Å². The minimum absolute atomic E-state index is 0.0166. The third-order valence-corrected chi connectivity index (χ3v) is 7.16. The van der Waals surface area contributed by atoms with Crippen LogP contribution in [-0.2, 0) is 26.1 Å². The van der Waals surface area contributed by atoms with Gasteiger partial charge < -0.3 is 14.8 Å². The van der Waals surface area contributed by atoms with E-state index in [-0.39, 0.29) is 22.8 Å². The van der Waals surface area contributed by atoms with Crippen molar-refractivity contribution in [3.8, 4) is 5.75 Å². The molecule has 0 aliphatic heterocycles. The third-order valence-electron chi connectivity index (χ3n) is 5.34. The number of rotatable bonds is 9. The molecule has 8 nitrogen and oxygen atoms in total. The summed E-state index contributed by atoms with van der Waals surface area (Å²) in [4.78, 5) is 24.7. The summed E-state index contributed by atoms with van der Waals surface area (Å²) in [5.41, 5.74) is 3.28. The maximum absolute atomic E-state index is 13.2. The number of hydrogen-bond acceptors (Lipinski definition) is 6. The van der Waals surface area contributed by atoms with Crippen molar-refractivity contribution >= 4 is 27.6 Å². The topological polar surface area (TPSA) is 102 Å². The lowest BCUT2D eigenvalue weighted by Crippen LogP contribution is -2.27. The number of sulfonamides is 1. The largest absolute Gasteiger partial charge is 0.495 e. The lowest BCUT2D eigenvalue weighted by atomic mass is 10.1. The molecular weight excluding hydrogens is 468 g/mol. The lowest BCUT2D eigenvalue weighted by Gasteiger charge is -2.19. The van der Waals surface area contributed by atoms with Crippen LogP contribution in [0.2, 0.25) is 0 Å². The van der Waals surface area contributed by atoms with Gasteiger partial charge >= 0.3 is 5.97 Å². The summed E-state index contributed by atoms with van der Waals surface area (Å²) in [5.74, 6) is -1.24. The molecule has 35 heavy (non-hydrogen) atoms. The van der Waals surface area contributed by atoms with E-state index in [1.165, 1.54) is 36.7 Å². The molecule has 9 heteroatoms. The van der Waals surface area contributed by atoms with Crippen molar-refractivity contribution in [2.45, 2.75) is 25.3 Å². The number of nitrogens with one attached hydrogen (secondary N) is 1. The fourth-order valence-corrected chi connectivity index (χ4v) is 4.71. The molecule has 0 radical (unpaired) electrons. The zero-order chi connectivity index (χ0) is 25.6. The average molecular weight is 497 g/mol.